The van der Waals surface area contributed by atoms with Gasteiger partial charge in [0.05, 0.1) is 6.54 Å². The molecule has 0 aromatic carbocycles. The maximum atomic E-state index is 5.87. The Morgan fingerprint density at radius 2 is 2.06 bits per heavy atom. The van der Waals surface area contributed by atoms with Crippen molar-refractivity contribution in [2.45, 2.75) is 39.3 Å². The number of rotatable bonds is 4. The van der Waals surface area contributed by atoms with Gasteiger partial charge < -0.3 is 9.73 Å². The van der Waals surface area contributed by atoms with Crippen molar-refractivity contribution in [3.05, 3.63) is 23.2 Å². The molecule has 2 atom stereocenters. The number of hydrogen-bond acceptors (Lipinski definition) is 3. The fraction of sp³-hybridized carbons (Fsp3) is 0.733. The van der Waals surface area contributed by atoms with Crippen LogP contribution in [0.3, 0.4) is 0 Å². The Labute approximate surface area is 110 Å². The number of hydrogen-bond donors (Lipinski definition) is 1. The quantitative estimate of drug-likeness (QED) is 0.887. The van der Waals surface area contributed by atoms with Crippen molar-refractivity contribution >= 4 is 0 Å². The van der Waals surface area contributed by atoms with Crippen molar-refractivity contribution in [2.75, 3.05) is 20.1 Å². The normalized spacial score (nSPS) is 27.9. The lowest BCUT2D eigenvalue weighted by Gasteiger charge is -2.14. The SMILES string of the molecule is CNCc1cc(CN2CC3CCCC3C2)oc1C. The highest BCUT2D eigenvalue weighted by atomic mass is 16.3. The van der Waals surface area contributed by atoms with E-state index in [-0.39, 0.29) is 0 Å². The van der Waals surface area contributed by atoms with Crippen molar-refractivity contribution in [1.82, 2.24) is 10.2 Å². The molecule has 1 saturated heterocycles. The molecule has 3 nitrogen and oxygen atoms in total. The summed E-state index contributed by atoms with van der Waals surface area (Å²) in [5, 5.41) is 3.19. The molecule has 1 saturated carbocycles. The van der Waals surface area contributed by atoms with Gasteiger partial charge in [0.25, 0.3) is 0 Å². The highest BCUT2D eigenvalue weighted by molar-refractivity contribution is 5.20. The highest BCUT2D eigenvalue weighted by Gasteiger charge is 2.36. The van der Waals surface area contributed by atoms with Crippen LogP contribution in [0.1, 0.15) is 36.3 Å². The van der Waals surface area contributed by atoms with E-state index in [1.807, 2.05) is 7.05 Å². The molecule has 0 radical (unpaired) electrons. The van der Waals surface area contributed by atoms with Gasteiger partial charge in [0.2, 0.25) is 0 Å². The zero-order valence-electron chi connectivity index (χ0n) is 11.5. The van der Waals surface area contributed by atoms with Crippen molar-refractivity contribution in [2.24, 2.45) is 11.8 Å². The molecule has 2 unspecified atom stereocenters. The van der Waals surface area contributed by atoms with Crippen LogP contribution in [0.15, 0.2) is 10.5 Å². The summed E-state index contributed by atoms with van der Waals surface area (Å²) in [4.78, 5) is 2.58. The maximum Gasteiger partial charge on any atom is 0.118 e. The van der Waals surface area contributed by atoms with Gasteiger partial charge in [-0.2, -0.15) is 0 Å². The maximum absolute atomic E-state index is 5.87. The van der Waals surface area contributed by atoms with Crippen LogP contribution in [0, 0.1) is 18.8 Å². The van der Waals surface area contributed by atoms with E-state index in [0.717, 1.165) is 36.4 Å². The third kappa shape index (κ3) is 2.34. The number of nitrogens with one attached hydrogen (secondary N) is 1. The topological polar surface area (TPSA) is 28.4 Å². The highest BCUT2D eigenvalue weighted by Crippen LogP contribution is 2.38. The van der Waals surface area contributed by atoms with Crippen LogP contribution in [-0.2, 0) is 13.1 Å². The van der Waals surface area contributed by atoms with E-state index >= 15 is 0 Å². The Kier molecular flexibility index (Phi) is 3.44. The lowest BCUT2D eigenvalue weighted by Crippen LogP contribution is -2.20. The first kappa shape index (κ1) is 12.2. The summed E-state index contributed by atoms with van der Waals surface area (Å²) in [6.07, 6.45) is 4.35. The van der Waals surface area contributed by atoms with Crippen molar-refractivity contribution in [3.8, 4) is 0 Å². The zero-order valence-corrected chi connectivity index (χ0v) is 11.5. The lowest BCUT2D eigenvalue weighted by molar-refractivity contribution is 0.274. The number of nitrogens with zero attached hydrogens (tertiary/aromatic N) is 1. The molecule has 18 heavy (non-hydrogen) atoms. The van der Waals surface area contributed by atoms with Crippen LogP contribution in [0.5, 0.6) is 0 Å². The summed E-state index contributed by atoms with van der Waals surface area (Å²) in [5.74, 6) is 4.15. The summed E-state index contributed by atoms with van der Waals surface area (Å²) in [5.41, 5.74) is 1.30. The molecule has 3 heteroatoms. The van der Waals surface area contributed by atoms with E-state index in [2.05, 4.69) is 23.2 Å². The molecule has 3 rings (SSSR count). The minimum Gasteiger partial charge on any atom is -0.465 e. The average molecular weight is 248 g/mol. The van der Waals surface area contributed by atoms with Gasteiger partial charge in [-0.25, -0.2) is 0 Å². The Balaban J connectivity index is 1.61. The molecule has 100 valence electrons. The fourth-order valence-corrected chi connectivity index (χ4v) is 3.71. The molecule has 1 aromatic heterocycles. The van der Waals surface area contributed by atoms with Gasteiger partial charge in [-0.3, -0.25) is 4.90 Å². The van der Waals surface area contributed by atoms with Gasteiger partial charge in [-0.1, -0.05) is 6.42 Å². The zero-order chi connectivity index (χ0) is 12.5. The minimum atomic E-state index is 0.903. The van der Waals surface area contributed by atoms with E-state index in [1.165, 1.54) is 37.9 Å². The molecular weight excluding hydrogens is 224 g/mol. The number of furan rings is 1. The van der Waals surface area contributed by atoms with E-state index < -0.39 is 0 Å². The standard InChI is InChI=1S/C15H24N2O/c1-11-14(7-16-2)6-15(18-11)10-17-8-12-4-3-5-13(12)9-17/h6,12-13,16H,3-5,7-10H2,1-2H3. The van der Waals surface area contributed by atoms with Crippen LogP contribution in [0.4, 0.5) is 0 Å². The van der Waals surface area contributed by atoms with E-state index in [1.54, 1.807) is 0 Å². The molecule has 1 aliphatic carbocycles. The monoisotopic (exact) mass is 248 g/mol. The largest absolute Gasteiger partial charge is 0.465 e. The lowest BCUT2D eigenvalue weighted by atomic mass is 10.0. The van der Waals surface area contributed by atoms with Gasteiger partial charge in [0.15, 0.2) is 0 Å². The summed E-state index contributed by atoms with van der Waals surface area (Å²) < 4.78 is 5.87. The Morgan fingerprint density at radius 1 is 1.33 bits per heavy atom. The molecule has 2 aliphatic rings. The molecule has 0 spiro atoms. The average Bonchev–Trinajstić information content (AvgIpc) is 2.95. The van der Waals surface area contributed by atoms with Gasteiger partial charge in [-0.05, 0) is 44.7 Å². The Hall–Kier alpha value is -0.800. The van der Waals surface area contributed by atoms with Crippen LogP contribution in [-0.4, -0.2) is 25.0 Å². The summed E-state index contributed by atoms with van der Waals surface area (Å²) in [6.45, 7) is 6.53. The predicted octanol–water partition coefficient (Wildman–Crippen LogP) is 2.54. The fourth-order valence-electron chi connectivity index (χ4n) is 3.71. The molecule has 0 bridgehead atoms. The van der Waals surface area contributed by atoms with Crippen LogP contribution in [0.25, 0.3) is 0 Å². The van der Waals surface area contributed by atoms with Crippen molar-refractivity contribution in [1.29, 1.82) is 0 Å². The number of likely N-dealkylation sites (tertiary alicyclic amines) is 1. The molecule has 2 heterocycles. The van der Waals surface area contributed by atoms with E-state index in [4.69, 9.17) is 4.42 Å². The first-order valence-electron chi connectivity index (χ1n) is 7.21. The molecule has 1 N–H and O–H groups in total. The second-order valence-electron chi connectivity index (χ2n) is 5.97. The second-order valence-corrected chi connectivity index (χ2v) is 5.97. The summed E-state index contributed by atoms with van der Waals surface area (Å²) in [6, 6.07) is 2.22. The van der Waals surface area contributed by atoms with E-state index in [9.17, 15) is 0 Å². The third-order valence-electron chi connectivity index (χ3n) is 4.62. The minimum absolute atomic E-state index is 0.903. The smallest absolute Gasteiger partial charge is 0.118 e. The third-order valence-corrected chi connectivity index (χ3v) is 4.62. The number of fused-ring (bicyclic) bond motifs is 1. The van der Waals surface area contributed by atoms with Crippen molar-refractivity contribution in [3.63, 3.8) is 0 Å². The molecule has 1 aliphatic heterocycles. The van der Waals surface area contributed by atoms with Crippen LogP contribution >= 0.6 is 0 Å². The molecule has 0 amide bonds. The van der Waals surface area contributed by atoms with Gasteiger partial charge >= 0.3 is 0 Å². The molecule has 1 aromatic rings. The van der Waals surface area contributed by atoms with Gasteiger partial charge in [0, 0.05) is 25.2 Å². The summed E-state index contributed by atoms with van der Waals surface area (Å²) in [7, 11) is 1.98. The first-order chi connectivity index (χ1) is 8.76. The Bertz CT molecular complexity index is 401. The van der Waals surface area contributed by atoms with Gasteiger partial charge in [-0.15, -0.1) is 0 Å². The Morgan fingerprint density at radius 3 is 2.72 bits per heavy atom. The predicted molar refractivity (Wildman–Crippen MR) is 72.3 cm³/mol. The number of aryl methyl sites for hydroxylation is 1. The molecule has 2 fully saturated rings. The van der Waals surface area contributed by atoms with Crippen molar-refractivity contribution < 1.29 is 4.42 Å². The van der Waals surface area contributed by atoms with Crippen LogP contribution in [0.2, 0.25) is 0 Å². The van der Waals surface area contributed by atoms with Crippen LogP contribution < -0.4 is 5.32 Å². The first-order valence-corrected chi connectivity index (χ1v) is 7.21. The van der Waals surface area contributed by atoms with E-state index in [0.29, 0.717) is 0 Å². The molecular formula is C15H24N2O. The van der Waals surface area contributed by atoms with Gasteiger partial charge in [0.1, 0.15) is 11.5 Å². The second kappa shape index (κ2) is 5.06. The summed E-state index contributed by atoms with van der Waals surface area (Å²) >= 11 is 0.